The van der Waals surface area contributed by atoms with Crippen LogP contribution in [-0.2, 0) is 0 Å². The topological polar surface area (TPSA) is 3.24 Å². The molecule has 0 atom stereocenters. The Morgan fingerprint density at radius 3 is 2.17 bits per heavy atom. The zero-order chi connectivity index (χ0) is 4.99. The number of thiol groups is 1. The second-order valence-corrected chi connectivity index (χ2v) is 3.09. The lowest BCUT2D eigenvalue weighted by Crippen LogP contribution is -1.97. The van der Waals surface area contributed by atoms with Gasteiger partial charge in [0.2, 0.25) is 0 Å². The van der Waals surface area contributed by atoms with Crippen LogP contribution in [0, 0.1) is 0 Å². The highest BCUT2D eigenvalue weighted by Crippen LogP contribution is 2.02. The third-order valence-electron chi connectivity index (χ3n) is 0.316. The van der Waals surface area contributed by atoms with Crippen LogP contribution in [0.1, 0.15) is 0 Å². The van der Waals surface area contributed by atoms with E-state index in [1.165, 1.54) is 0 Å². The smallest absolute Gasteiger partial charge is 0.0509 e. The highest BCUT2D eigenvalue weighted by Gasteiger charge is 1.80. The molecule has 0 aliphatic heterocycles. The van der Waals surface area contributed by atoms with Crippen molar-refractivity contribution in [1.29, 1.82) is 0 Å². The van der Waals surface area contributed by atoms with E-state index in [0.717, 1.165) is 5.08 Å². The van der Waals surface area contributed by atoms with E-state index < -0.39 is 0 Å². The Kier molecular flexibility index (Phi) is 4.26. The molecule has 0 aliphatic rings. The van der Waals surface area contributed by atoms with E-state index in [2.05, 4.69) is 12.6 Å². The minimum absolute atomic E-state index is 0.868. The zero-order valence-electron chi connectivity index (χ0n) is 4.01. The Balaban J connectivity index is 2.63. The van der Waals surface area contributed by atoms with Gasteiger partial charge >= 0.3 is 0 Å². The molecule has 0 aromatic rings. The highest BCUT2D eigenvalue weighted by molar-refractivity contribution is 8.07. The molecule has 3 heteroatoms. The van der Waals surface area contributed by atoms with E-state index >= 15 is 0 Å². The first kappa shape index (κ1) is 6.66. The Labute approximate surface area is 48.6 Å². The van der Waals surface area contributed by atoms with E-state index in [0.29, 0.717) is 0 Å². The van der Waals surface area contributed by atoms with Crippen LogP contribution in [-0.4, -0.2) is 23.5 Å². The molecule has 0 N–H and O–H groups in total. The lowest BCUT2D eigenvalue weighted by molar-refractivity contribution is 0.706. The van der Waals surface area contributed by atoms with Gasteiger partial charge in [-0.15, -0.1) is 0 Å². The molecule has 0 unspecified atom stereocenters. The van der Waals surface area contributed by atoms with Crippen LogP contribution < -0.4 is 0 Å². The molecule has 0 aromatic heterocycles. The van der Waals surface area contributed by atoms with Crippen LogP contribution in [0.3, 0.4) is 0 Å². The van der Waals surface area contributed by atoms with Crippen LogP contribution in [0.5, 0.6) is 0 Å². The maximum Gasteiger partial charge on any atom is 0.0509 e. The lowest BCUT2D eigenvalue weighted by Gasteiger charge is -2.02. The zero-order valence-corrected chi connectivity index (χ0v) is 5.72. The highest BCUT2D eigenvalue weighted by atomic mass is 32.2. The summed E-state index contributed by atoms with van der Waals surface area (Å²) in [6, 6.07) is 0. The summed E-state index contributed by atoms with van der Waals surface area (Å²) in [5.74, 6) is 0. The average molecular weight is 123 g/mol. The van der Waals surface area contributed by atoms with Crippen molar-refractivity contribution >= 4 is 24.6 Å². The van der Waals surface area contributed by atoms with Crippen LogP contribution in [0.4, 0.5) is 0 Å². The molecule has 0 saturated heterocycles. The SMILES string of the molecule is CN(C)SCS. The monoisotopic (exact) mass is 123 g/mol. The van der Waals surface area contributed by atoms with Gasteiger partial charge in [-0.2, -0.15) is 12.6 Å². The predicted molar refractivity (Wildman–Crippen MR) is 35.1 cm³/mol. The van der Waals surface area contributed by atoms with Crippen molar-refractivity contribution < 1.29 is 0 Å². The number of rotatable bonds is 2. The molecule has 0 aromatic carbocycles. The standard InChI is InChI=1S/C3H9NS2/c1-4(2)6-3-5/h5H,3H2,1-2H3. The van der Waals surface area contributed by atoms with Gasteiger partial charge in [-0.25, -0.2) is 0 Å². The quantitative estimate of drug-likeness (QED) is 0.332. The summed E-state index contributed by atoms with van der Waals surface area (Å²) in [6.45, 7) is 0. The average Bonchev–Trinajstić information content (AvgIpc) is 1.35. The molecule has 0 aliphatic carbocycles. The van der Waals surface area contributed by atoms with Crippen molar-refractivity contribution in [2.75, 3.05) is 19.2 Å². The Bertz CT molecular complexity index is 30.0. The summed E-state index contributed by atoms with van der Waals surface area (Å²) in [6.07, 6.45) is 0. The van der Waals surface area contributed by atoms with Gasteiger partial charge in [0.05, 0.1) is 5.08 Å². The van der Waals surface area contributed by atoms with Crippen LogP contribution in [0.2, 0.25) is 0 Å². The molecule has 6 heavy (non-hydrogen) atoms. The molecule has 38 valence electrons. The summed E-state index contributed by atoms with van der Waals surface area (Å²) in [7, 11) is 4.00. The van der Waals surface area contributed by atoms with Crippen LogP contribution in [0.25, 0.3) is 0 Å². The minimum Gasteiger partial charge on any atom is -0.256 e. The van der Waals surface area contributed by atoms with Gasteiger partial charge in [0.15, 0.2) is 0 Å². The van der Waals surface area contributed by atoms with E-state index in [1.54, 1.807) is 11.9 Å². The second-order valence-electron chi connectivity index (χ2n) is 1.07. The summed E-state index contributed by atoms with van der Waals surface area (Å²) in [5, 5.41) is 0.868. The normalized spacial score (nSPS) is 10.0. The first-order chi connectivity index (χ1) is 2.77. The minimum atomic E-state index is 0.868. The molecule has 0 radical (unpaired) electrons. The lowest BCUT2D eigenvalue weighted by atomic mass is 11.3. The van der Waals surface area contributed by atoms with Gasteiger partial charge in [0.1, 0.15) is 0 Å². The van der Waals surface area contributed by atoms with E-state index in [-0.39, 0.29) is 0 Å². The summed E-state index contributed by atoms with van der Waals surface area (Å²) in [5.41, 5.74) is 0. The van der Waals surface area contributed by atoms with Gasteiger partial charge in [-0.05, 0) is 14.1 Å². The fraction of sp³-hybridized carbons (Fsp3) is 1.00. The van der Waals surface area contributed by atoms with Crippen molar-refractivity contribution in [2.45, 2.75) is 0 Å². The van der Waals surface area contributed by atoms with E-state index in [4.69, 9.17) is 0 Å². The molecule has 0 spiro atoms. The fourth-order valence-electron chi connectivity index (χ4n) is 0.115. The maximum atomic E-state index is 3.98. The fourth-order valence-corrected chi connectivity index (χ4v) is 1.04. The summed E-state index contributed by atoms with van der Waals surface area (Å²) in [4.78, 5) is 0. The molecule has 0 saturated carbocycles. The predicted octanol–water partition coefficient (Wildman–Crippen LogP) is 1.08. The summed E-state index contributed by atoms with van der Waals surface area (Å²) >= 11 is 5.66. The molecular formula is C3H9NS2. The first-order valence-corrected chi connectivity index (χ1v) is 3.26. The molecule has 0 rings (SSSR count). The van der Waals surface area contributed by atoms with Gasteiger partial charge in [0.25, 0.3) is 0 Å². The Morgan fingerprint density at radius 1 is 1.67 bits per heavy atom. The molecule has 0 amide bonds. The van der Waals surface area contributed by atoms with Gasteiger partial charge in [0, 0.05) is 0 Å². The first-order valence-electron chi connectivity index (χ1n) is 1.68. The van der Waals surface area contributed by atoms with Gasteiger partial charge in [-0.1, -0.05) is 11.9 Å². The summed E-state index contributed by atoms with van der Waals surface area (Å²) < 4.78 is 2.02. The van der Waals surface area contributed by atoms with Gasteiger partial charge in [-0.3, -0.25) is 4.31 Å². The third-order valence-corrected chi connectivity index (χ3v) is 1.29. The van der Waals surface area contributed by atoms with Crippen molar-refractivity contribution in [2.24, 2.45) is 0 Å². The number of hydrogen-bond acceptors (Lipinski definition) is 3. The molecule has 0 fully saturated rings. The largest absolute Gasteiger partial charge is 0.256 e. The molecule has 0 heterocycles. The van der Waals surface area contributed by atoms with E-state index in [1.807, 2.05) is 18.4 Å². The number of hydrogen-bond donors (Lipinski definition) is 1. The third kappa shape index (κ3) is 4.66. The molecule has 1 nitrogen and oxygen atoms in total. The molecule has 0 bridgehead atoms. The van der Waals surface area contributed by atoms with Crippen molar-refractivity contribution in [3.8, 4) is 0 Å². The maximum absolute atomic E-state index is 3.98. The Morgan fingerprint density at radius 2 is 2.17 bits per heavy atom. The molecular weight excluding hydrogens is 114 g/mol. The van der Waals surface area contributed by atoms with Crippen LogP contribution in [0.15, 0.2) is 0 Å². The number of nitrogens with zero attached hydrogens (tertiary/aromatic N) is 1. The van der Waals surface area contributed by atoms with Crippen molar-refractivity contribution in [3.05, 3.63) is 0 Å². The second kappa shape index (κ2) is 3.84. The van der Waals surface area contributed by atoms with E-state index in [9.17, 15) is 0 Å². The Hall–Kier alpha value is 0.660. The van der Waals surface area contributed by atoms with Crippen molar-refractivity contribution in [1.82, 2.24) is 4.31 Å². The van der Waals surface area contributed by atoms with Crippen LogP contribution >= 0.6 is 24.6 Å². The van der Waals surface area contributed by atoms with Crippen molar-refractivity contribution in [3.63, 3.8) is 0 Å². The van der Waals surface area contributed by atoms with Gasteiger partial charge < -0.3 is 0 Å².